The fourth-order valence-electron chi connectivity index (χ4n) is 2.09. The van der Waals surface area contributed by atoms with E-state index in [4.69, 9.17) is 0 Å². The van der Waals surface area contributed by atoms with E-state index in [0.29, 0.717) is 0 Å². The summed E-state index contributed by atoms with van der Waals surface area (Å²) in [7, 11) is 0. The van der Waals surface area contributed by atoms with Crippen molar-refractivity contribution in [1.82, 2.24) is 0 Å². The van der Waals surface area contributed by atoms with Gasteiger partial charge in [0.05, 0.1) is 0 Å². The van der Waals surface area contributed by atoms with Crippen molar-refractivity contribution in [2.75, 3.05) is 0 Å². The van der Waals surface area contributed by atoms with Gasteiger partial charge >= 0.3 is 0 Å². The van der Waals surface area contributed by atoms with E-state index in [1.54, 1.807) is 0 Å². The van der Waals surface area contributed by atoms with Gasteiger partial charge in [0.25, 0.3) is 0 Å². The molecule has 78 valence electrons. The van der Waals surface area contributed by atoms with Crippen LogP contribution in [0.15, 0.2) is 0 Å². The number of hydrogen-bond donors (Lipinski definition) is 0. The molecule has 0 amide bonds. The van der Waals surface area contributed by atoms with Crippen molar-refractivity contribution >= 4 is 0 Å². The van der Waals surface area contributed by atoms with Gasteiger partial charge in [0.15, 0.2) is 0 Å². The molecule has 0 nitrogen and oxygen atoms in total. The van der Waals surface area contributed by atoms with E-state index in [2.05, 4.69) is 20.8 Å². The van der Waals surface area contributed by atoms with Gasteiger partial charge < -0.3 is 0 Å². The number of unbranched alkanes of at least 4 members (excludes halogenated alkanes) is 1. The third kappa shape index (κ3) is 6.12. The molecule has 0 bridgehead atoms. The summed E-state index contributed by atoms with van der Waals surface area (Å²) in [6.07, 6.45) is 10.4. The van der Waals surface area contributed by atoms with Gasteiger partial charge in [0.2, 0.25) is 0 Å². The lowest BCUT2D eigenvalue weighted by Gasteiger charge is -2.10. The first kappa shape index (κ1) is 11.1. The van der Waals surface area contributed by atoms with Gasteiger partial charge in [-0.25, -0.2) is 0 Å². The molecule has 1 unspecified atom stereocenters. The Bertz CT molecular complexity index is 122. The van der Waals surface area contributed by atoms with Crippen LogP contribution in [0.2, 0.25) is 0 Å². The molecule has 0 aliphatic heterocycles. The molecule has 1 rings (SSSR count). The second-order valence-electron chi connectivity index (χ2n) is 5.46. The van der Waals surface area contributed by atoms with E-state index in [0.717, 1.165) is 17.8 Å². The van der Waals surface area contributed by atoms with Crippen LogP contribution in [0.25, 0.3) is 0 Å². The lowest BCUT2D eigenvalue weighted by molar-refractivity contribution is 0.424. The van der Waals surface area contributed by atoms with Crippen LogP contribution in [0.5, 0.6) is 0 Å². The van der Waals surface area contributed by atoms with Crippen molar-refractivity contribution in [2.24, 2.45) is 17.8 Å². The van der Waals surface area contributed by atoms with Crippen LogP contribution in [0.1, 0.15) is 65.7 Å². The van der Waals surface area contributed by atoms with Gasteiger partial charge in [-0.3, -0.25) is 0 Å². The maximum atomic E-state index is 2.44. The Morgan fingerprint density at radius 3 is 2.15 bits per heavy atom. The summed E-state index contributed by atoms with van der Waals surface area (Å²) in [5.74, 6) is 3.03. The molecule has 0 spiro atoms. The van der Waals surface area contributed by atoms with Crippen molar-refractivity contribution in [1.29, 1.82) is 0 Å². The molecule has 13 heavy (non-hydrogen) atoms. The molecular weight excluding hydrogens is 156 g/mol. The third-order valence-corrected chi connectivity index (χ3v) is 3.16. The average molecular weight is 182 g/mol. The fraction of sp³-hybridized carbons (Fsp3) is 1.00. The Morgan fingerprint density at radius 2 is 1.62 bits per heavy atom. The first-order chi connectivity index (χ1) is 6.18. The molecule has 1 aliphatic rings. The highest BCUT2D eigenvalue weighted by atomic mass is 14.3. The summed E-state index contributed by atoms with van der Waals surface area (Å²) in [6.45, 7) is 7.09. The number of hydrogen-bond acceptors (Lipinski definition) is 0. The zero-order chi connectivity index (χ0) is 9.68. The van der Waals surface area contributed by atoms with Gasteiger partial charge in [0.1, 0.15) is 0 Å². The molecule has 0 radical (unpaired) electrons. The molecule has 0 aromatic carbocycles. The smallest absolute Gasteiger partial charge is 0.0412 e. The minimum absolute atomic E-state index is 0.902. The molecule has 1 atom stereocenters. The minimum atomic E-state index is 0.902. The molecule has 1 saturated carbocycles. The van der Waals surface area contributed by atoms with Crippen LogP contribution < -0.4 is 0 Å². The highest BCUT2D eigenvalue weighted by Crippen LogP contribution is 2.36. The Morgan fingerprint density at radius 1 is 1.00 bits per heavy atom. The summed E-state index contributed by atoms with van der Waals surface area (Å²) in [5, 5.41) is 0. The van der Waals surface area contributed by atoms with Crippen LogP contribution in [0.3, 0.4) is 0 Å². The highest BCUT2D eigenvalue weighted by molar-refractivity contribution is 4.75. The van der Waals surface area contributed by atoms with Crippen molar-refractivity contribution in [2.45, 2.75) is 65.7 Å². The second-order valence-corrected chi connectivity index (χ2v) is 5.46. The Hall–Kier alpha value is 0. The maximum Gasteiger partial charge on any atom is -0.0412 e. The van der Waals surface area contributed by atoms with Crippen LogP contribution in [-0.4, -0.2) is 0 Å². The lowest BCUT2D eigenvalue weighted by Crippen LogP contribution is -1.96. The van der Waals surface area contributed by atoms with E-state index >= 15 is 0 Å². The van der Waals surface area contributed by atoms with Crippen LogP contribution >= 0.6 is 0 Å². The molecule has 0 saturated heterocycles. The molecule has 0 aromatic heterocycles. The Labute approximate surface area is 84.1 Å². The Kier molecular flexibility index (Phi) is 4.83. The monoisotopic (exact) mass is 182 g/mol. The van der Waals surface area contributed by atoms with E-state index in [-0.39, 0.29) is 0 Å². The normalized spacial score (nSPS) is 19.4. The van der Waals surface area contributed by atoms with E-state index in [1.165, 1.54) is 44.9 Å². The molecule has 0 heterocycles. The van der Waals surface area contributed by atoms with E-state index in [1.807, 2.05) is 0 Å². The largest absolute Gasteiger partial charge is 0.0628 e. The predicted molar refractivity (Wildman–Crippen MR) is 59.8 cm³/mol. The summed E-state index contributed by atoms with van der Waals surface area (Å²) in [5.41, 5.74) is 0. The van der Waals surface area contributed by atoms with Gasteiger partial charge in [-0.15, -0.1) is 0 Å². The molecule has 0 heteroatoms. The fourth-order valence-corrected chi connectivity index (χ4v) is 2.09. The summed E-state index contributed by atoms with van der Waals surface area (Å²) >= 11 is 0. The van der Waals surface area contributed by atoms with Gasteiger partial charge in [0, 0.05) is 0 Å². The van der Waals surface area contributed by atoms with Gasteiger partial charge in [-0.05, 0) is 24.2 Å². The molecule has 0 N–H and O–H groups in total. The summed E-state index contributed by atoms with van der Waals surface area (Å²) in [6, 6.07) is 0. The first-order valence-electron chi connectivity index (χ1n) is 6.18. The van der Waals surface area contributed by atoms with Crippen LogP contribution in [0.4, 0.5) is 0 Å². The van der Waals surface area contributed by atoms with Crippen LogP contribution in [0, 0.1) is 17.8 Å². The second kappa shape index (κ2) is 5.67. The highest BCUT2D eigenvalue weighted by Gasteiger charge is 2.22. The maximum absolute atomic E-state index is 2.44. The van der Waals surface area contributed by atoms with Gasteiger partial charge in [-0.2, -0.15) is 0 Å². The van der Waals surface area contributed by atoms with Crippen molar-refractivity contribution in [3.05, 3.63) is 0 Å². The van der Waals surface area contributed by atoms with Crippen molar-refractivity contribution < 1.29 is 0 Å². The quantitative estimate of drug-likeness (QED) is 0.503. The van der Waals surface area contributed by atoms with E-state index < -0.39 is 0 Å². The first-order valence-corrected chi connectivity index (χ1v) is 6.18. The SMILES string of the molecule is CC(C)CCCCC(C)CC1CC1. The standard InChI is InChI=1S/C13H26/c1-11(2)6-4-5-7-12(3)10-13-8-9-13/h11-13H,4-10H2,1-3H3. The predicted octanol–water partition coefficient (Wildman–Crippen LogP) is 4.64. The molecule has 0 aromatic rings. The molecule has 1 fully saturated rings. The molecule has 1 aliphatic carbocycles. The third-order valence-electron chi connectivity index (χ3n) is 3.16. The van der Waals surface area contributed by atoms with Crippen LogP contribution in [-0.2, 0) is 0 Å². The van der Waals surface area contributed by atoms with Crippen molar-refractivity contribution in [3.63, 3.8) is 0 Å². The zero-order valence-corrected chi connectivity index (χ0v) is 9.68. The minimum Gasteiger partial charge on any atom is -0.0628 e. The van der Waals surface area contributed by atoms with E-state index in [9.17, 15) is 0 Å². The Balaban J connectivity index is 1.85. The lowest BCUT2D eigenvalue weighted by atomic mass is 9.96. The van der Waals surface area contributed by atoms with Crippen molar-refractivity contribution in [3.8, 4) is 0 Å². The molecular formula is C13H26. The summed E-state index contributed by atoms with van der Waals surface area (Å²) < 4.78 is 0. The summed E-state index contributed by atoms with van der Waals surface area (Å²) in [4.78, 5) is 0. The van der Waals surface area contributed by atoms with Gasteiger partial charge in [-0.1, -0.05) is 59.3 Å². The average Bonchev–Trinajstić information content (AvgIpc) is 2.81. The topological polar surface area (TPSA) is 0 Å². The number of rotatable bonds is 7. The zero-order valence-electron chi connectivity index (χ0n) is 9.68.